The number of carbonyl (C=O) groups is 4. The van der Waals surface area contributed by atoms with E-state index in [1.165, 1.54) is 46.6 Å². The van der Waals surface area contributed by atoms with Crippen molar-refractivity contribution in [1.82, 2.24) is 19.8 Å². The quantitative estimate of drug-likeness (QED) is 0.551. The molecule has 0 radical (unpaired) electrons. The van der Waals surface area contributed by atoms with Crippen LogP contribution >= 0.6 is 0 Å². The average Bonchev–Trinajstić information content (AvgIpc) is 3.22. The topological polar surface area (TPSA) is 133 Å². The first-order valence-corrected chi connectivity index (χ1v) is 13.8. The van der Waals surface area contributed by atoms with Gasteiger partial charge < -0.3 is 10.2 Å². The molecule has 200 valence electrons. The molecule has 2 aromatic carbocycles. The third-order valence-electron chi connectivity index (χ3n) is 7.52. The molecule has 3 aliphatic rings. The Morgan fingerprint density at radius 2 is 1.74 bits per heavy atom. The number of benzene rings is 2. The first kappa shape index (κ1) is 26.0. The van der Waals surface area contributed by atoms with Crippen LogP contribution in [-0.4, -0.2) is 67.4 Å². The number of nitrogens with one attached hydrogen (secondary N) is 2. The van der Waals surface area contributed by atoms with E-state index < -0.39 is 33.7 Å². The summed E-state index contributed by atoms with van der Waals surface area (Å²) in [5.74, 6) is -2.43. The number of carbonyl (C=O) groups excluding carboxylic acids is 4. The number of piperidine rings is 2. The molecule has 1 unspecified atom stereocenters. The van der Waals surface area contributed by atoms with E-state index >= 15 is 4.39 Å². The van der Waals surface area contributed by atoms with Crippen LogP contribution in [0.4, 0.5) is 4.39 Å². The molecule has 0 spiro atoms. The van der Waals surface area contributed by atoms with Crippen molar-refractivity contribution in [3.63, 3.8) is 0 Å². The second-order valence-electron chi connectivity index (χ2n) is 9.71. The Balaban J connectivity index is 1.28. The monoisotopic (exact) mass is 542 g/mol. The van der Waals surface area contributed by atoms with Crippen LogP contribution in [0.3, 0.4) is 0 Å². The largest absolute Gasteiger partial charge is 0.355 e. The van der Waals surface area contributed by atoms with Crippen molar-refractivity contribution < 1.29 is 32.0 Å². The molecule has 10 nitrogen and oxygen atoms in total. The van der Waals surface area contributed by atoms with Gasteiger partial charge in [-0.1, -0.05) is 6.07 Å². The zero-order valence-electron chi connectivity index (χ0n) is 20.7. The van der Waals surface area contributed by atoms with Crippen molar-refractivity contribution in [2.75, 3.05) is 20.1 Å². The Labute approximate surface area is 219 Å². The summed E-state index contributed by atoms with van der Waals surface area (Å²) >= 11 is 0. The van der Waals surface area contributed by atoms with Gasteiger partial charge in [-0.25, -0.2) is 12.8 Å². The molecule has 5 rings (SSSR count). The van der Waals surface area contributed by atoms with Crippen LogP contribution in [0, 0.1) is 5.82 Å². The van der Waals surface area contributed by atoms with Crippen molar-refractivity contribution in [1.29, 1.82) is 0 Å². The van der Waals surface area contributed by atoms with Gasteiger partial charge in [0, 0.05) is 44.2 Å². The fourth-order valence-electron chi connectivity index (χ4n) is 5.40. The molecule has 3 aliphatic heterocycles. The van der Waals surface area contributed by atoms with Crippen LogP contribution in [0.5, 0.6) is 0 Å². The maximum Gasteiger partial charge on any atom is 0.255 e. The zero-order valence-corrected chi connectivity index (χ0v) is 21.5. The number of fused-ring (bicyclic) bond motifs is 1. The number of amides is 4. The molecule has 0 bridgehead atoms. The molecule has 2 aromatic rings. The minimum Gasteiger partial charge on any atom is -0.355 e. The summed E-state index contributed by atoms with van der Waals surface area (Å²) < 4.78 is 42.8. The maximum atomic E-state index is 15.2. The van der Waals surface area contributed by atoms with Gasteiger partial charge in [0.25, 0.3) is 11.8 Å². The zero-order chi connectivity index (χ0) is 27.2. The summed E-state index contributed by atoms with van der Waals surface area (Å²) in [6.07, 6.45) is 1.16. The molecule has 38 heavy (non-hydrogen) atoms. The molecular weight excluding hydrogens is 515 g/mol. The lowest BCUT2D eigenvalue weighted by Gasteiger charge is -2.31. The van der Waals surface area contributed by atoms with Crippen molar-refractivity contribution in [3.05, 3.63) is 64.5 Å². The predicted octanol–water partition coefficient (Wildman–Crippen LogP) is 1.51. The molecule has 2 fully saturated rings. The molecule has 0 aromatic heterocycles. The minimum absolute atomic E-state index is 0.0827. The summed E-state index contributed by atoms with van der Waals surface area (Å²) in [4.78, 5) is 49.9. The van der Waals surface area contributed by atoms with Crippen molar-refractivity contribution in [3.8, 4) is 0 Å². The Morgan fingerprint density at radius 1 is 1.05 bits per heavy atom. The Bertz CT molecular complexity index is 1430. The molecule has 1 atom stereocenters. The van der Waals surface area contributed by atoms with Gasteiger partial charge in [-0.3, -0.25) is 24.5 Å². The van der Waals surface area contributed by atoms with Crippen molar-refractivity contribution >= 4 is 33.7 Å². The lowest BCUT2D eigenvalue weighted by atomic mass is 9.88. The van der Waals surface area contributed by atoms with E-state index in [2.05, 4.69) is 10.6 Å². The van der Waals surface area contributed by atoms with Crippen LogP contribution in [0.1, 0.15) is 63.4 Å². The summed E-state index contributed by atoms with van der Waals surface area (Å²) in [6, 6.07) is 7.79. The highest BCUT2D eigenvalue weighted by Gasteiger charge is 2.40. The van der Waals surface area contributed by atoms with Gasteiger partial charge in [0.1, 0.15) is 11.9 Å². The van der Waals surface area contributed by atoms with Crippen LogP contribution in [0.15, 0.2) is 41.3 Å². The van der Waals surface area contributed by atoms with Gasteiger partial charge in [0.15, 0.2) is 0 Å². The fraction of sp³-hybridized carbons (Fsp3) is 0.385. The molecule has 0 aliphatic carbocycles. The normalized spacial score (nSPS) is 20.8. The minimum atomic E-state index is -3.78. The molecular formula is C26H27FN4O6S. The lowest BCUT2D eigenvalue weighted by Crippen LogP contribution is -2.52. The van der Waals surface area contributed by atoms with Gasteiger partial charge in [-0.05, 0) is 66.6 Å². The first-order chi connectivity index (χ1) is 18.1. The standard InChI is InChI=1S/C26H27FN4O6S/c1-28-24(33)16-2-4-18(5-3-16)38(36,37)30-10-8-15(9-11-30)19-12-17-14-31(26(35)20(17)13-21(19)27)22-6-7-23(32)29-25(22)34/h2-5,12-13,15,22H,6-11,14H2,1H3,(H,28,33)(H,29,32,34). The van der Waals surface area contributed by atoms with Crippen molar-refractivity contribution in [2.24, 2.45) is 0 Å². The SMILES string of the molecule is CNC(=O)c1ccc(S(=O)(=O)N2CCC(c3cc4c(cc3F)C(=O)N(C3CCC(=O)NC3=O)C4)CC2)cc1. The van der Waals surface area contributed by atoms with E-state index in [9.17, 15) is 27.6 Å². The van der Waals surface area contributed by atoms with Crippen LogP contribution in [0.25, 0.3) is 0 Å². The van der Waals surface area contributed by atoms with E-state index in [-0.39, 0.29) is 60.7 Å². The highest BCUT2D eigenvalue weighted by molar-refractivity contribution is 7.89. The van der Waals surface area contributed by atoms with Gasteiger partial charge in [-0.2, -0.15) is 4.31 Å². The fourth-order valence-corrected chi connectivity index (χ4v) is 6.87. The number of sulfonamides is 1. The van der Waals surface area contributed by atoms with Gasteiger partial charge in [-0.15, -0.1) is 0 Å². The average molecular weight is 543 g/mol. The van der Waals surface area contributed by atoms with E-state index in [4.69, 9.17) is 0 Å². The summed E-state index contributed by atoms with van der Waals surface area (Å²) in [5.41, 5.74) is 1.60. The van der Waals surface area contributed by atoms with Crippen LogP contribution in [-0.2, 0) is 26.2 Å². The molecule has 12 heteroatoms. The number of imide groups is 1. The summed E-state index contributed by atoms with van der Waals surface area (Å²) in [7, 11) is -2.28. The highest BCUT2D eigenvalue weighted by atomic mass is 32.2. The number of halogens is 1. The van der Waals surface area contributed by atoms with Gasteiger partial charge in [0.2, 0.25) is 21.8 Å². The number of hydrogen-bond acceptors (Lipinski definition) is 6. The maximum absolute atomic E-state index is 15.2. The van der Waals surface area contributed by atoms with E-state index in [1.807, 2.05) is 0 Å². The smallest absolute Gasteiger partial charge is 0.255 e. The summed E-state index contributed by atoms with van der Waals surface area (Å²) in [6.45, 7) is 0.539. The van der Waals surface area contributed by atoms with E-state index in [0.29, 0.717) is 29.5 Å². The number of rotatable bonds is 5. The van der Waals surface area contributed by atoms with Crippen LogP contribution < -0.4 is 10.6 Å². The number of hydrogen-bond donors (Lipinski definition) is 2. The lowest BCUT2D eigenvalue weighted by molar-refractivity contribution is -0.136. The molecule has 3 heterocycles. The Kier molecular flexibility index (Phi) is 6.78. The second-order valence-corrected chi connectivity index (χ2v) is 11.7. The summed E-state index contributed by atoms with van der Waals surface area (Å²) in [5, 5.41) is 4.74. The predicted molar refractivity (Wildman–Crippen MR) is 133 cm³/mol. The third-order valence-corrected chi connectivity index (χ3v) is 9.43. The van der Waals surface area contributed by atoms with Crippen LogP contribution in [0.2, 0.25) is 0 Å². The molecule has 2 saturated heterocycles. The van der Waals surface area contributed by atoms with E-state index in [0.717, 1.165) is 0 Å². The van der Waals surface area contributed by atoms with E-state index in [1.54, 1.807) is 6.07 Å². The molecule has 2 N–H and O–H groups in total. The third kappa shape index (κ3) is 4.58. The second kappa shape index (κ2) is 9.91. The molecule has 0 saturated carbocycles. The Morgan fingerprint density at radius 3 is 2.37 bits per heavy atom. The molecule has 4 amide bonds. The van der Waals surface area contributed by atoms with Crippen molar-refractivity contribution in [2.45, 2.75) is 49.1 Å². The first-order valence-electron chi connectivity index (χ1n) is 12.4. The Hall–Kier alpha value is -3.64. The number of nitrogens with zero attached hydrogens (tertiary/aromatic N) is 2. The van der Waals surface area contributed by atoms with Gasteiger partial charge in [0.05, 0.1) is 4.90 Å². The highest BCUT2D eigenvalue weighted by Crippen LogP contribution is 2.36. The van der Waals surface area contributed by atoms with Gasteiger partial charge >= 0.3 is 0 Å².